The van der Waals surface area contributed by atoms with Crippen molar-refractivity contribution < 1.29 is 9.32 Å². The third kappa shape index (κ3) is 2.76. The molecule has 2 aromatic heterocycles. The molecule has 1 N–H and O–H groups in total. The third-order valence-electron chi connectivity index (χ3n) is 4.40. The lowest BCUT2D eigenvalue weighted by Gasteiger charge is -2.36. The first-order chi connectivity index (χ1) is 11.8. The van der Waals surface area contributed by atoms with Gasteiger partial charge in [0.15, 0.2) is 5.58 Å². The van der Waals surface area contributed by atoms with Crippen LogP contribution >= 0.6 is 0 Å². The molecule has 1 aliphatic rings. The minimum Gasteiger partial charge on any atom is -0.356 e. The molecule has 4 rings (SSSR count). The number of carbonyl (C=O) groups excluding carboxylic acids is 1. The first kappa shape index (κ1) is 14.8. The molecule has 1 amide bonds. The first-order valence-corrected chi connectivity index (χ1v) is 8.06. The van der Waals surface area contributed by atoms with Crippen molar-refractivity contribution >= 4 is 16.9 Å². The lowest BCUT2D eigenvalue weighted by atomic mass is 10.0. The van der Waals surface area contributed by atoms with Gasteiger partial charge in [-0.1, -0.05) is 23.4 Å². The monoisotopic (exact) mass is 322 g/mol. The Morgan fingerprint density at radius 2 is 2.21 bits per heavy atom. The van der Waals surface area contributed by atoms with Crippen molar-refractivity contribution in [2.75, 3.05) is 19.6 Å². The highest BCUT2D eigenvalue weighted by molar-refractivity contribution is 5.86. The summed E-state index contributed by atoms with van der Waals surface area (Å²) in [6.07, 6.45) is 3.81. The molecule has 24 heavy (non-hydrogen) atoms. The predicted molar refractivity (Wildman–Crippen MR) is 89.3 cm³/mol. The predicted octanol–water partition coefficient (Wildman–Crippen LogP) is 1.94. The molecule has 6 heteroatoms. The number of benzene rings is 1. The van der Waals surface area contributed by atoms with Crippen LogP contribution in [0.2, 0.25) is 0 Å². The Morgan fingerprint density at radius 1 is 1.29 bits per heavy atom. The summed E-state index contributed by atoms with van der Waals surface area (Å²) in [6, 6.07) is 11.5. The Morgan fingerprint density at radius 3 is 3.08 bits per heavy atom. The van der Waals surface area contributed by atoms with Gasteiger partial charge in [-0.3, -0.25) is 9.78 Å². The number of carbonyl (C=O) groups is 1. The summed E-state index contributed by atoms with van der Waals surface area (Å²) in [5.74, 6) is 0.0596. The van der Waals surface area contributed by atoms with Crippen LogP contribution in [0.4, 0.5) is 0 Å². The molecule has 122 valence electrons. The largest absolute Gasteiger partial charge is 0.356 e. The zero-order chi connectivity index (χ0) is 16.4. The molecule has 1 aromatic carbocycles. The molecule has 1 saturated heterocycles. The van der Waals surface area contributed by atoms with Crippen LogP contribution < -0.4 is 5.32 Å². The van der Waals surface area contributed by atoms with Crippen molar-refractivity contribution in [2.45, 2.75) is 12.5 Å². The number of fused-ring (bicyclic) bond motifs is 1. The van der Waals surface area contributed by atoms with Crippen molar-refractivity contribution in [1.82, 2.24) is 20.4 Å². The number of nitrogens with one attached hydrogen (secondary N) is 1. The maximum atomic E-state index is 12.9. The van der Waals surface area contributed by atoms with Crippen LogP contribution in [0, 0.1) is 0 Å². The van der Waals surface area contributed by atoms with E-state index < -0.39 is 0 Å². The smallest absolute Gasteiger partial charge is 0.229 e. The molecular weight excluding hydrogens is 304 g/mol. The molecule has 3 aromatic rings. The minimum atomic E-state index is -0.00175. The van der Waals surface area contributed by atoms with Crippen LogP contribution in [0.5, 0.6) is 0 Å². The number of amides is 1. The van der Waals surface area contributed by atoms with E-state index in [-0.39, 0.29) is 18.4 Å². The number of rotatable bonds is 3. The molecule has 0 bridgehead atoms. The standard InChI is InChI=1S/C18H18N4O2/c23-18(10-15-14-5-1-2-6-17(14)24-21-15)22-9-8-20-12-16(22)13-4-3-7-19-11-13/h1-7,11,16,20H,8-10,12H2. The van der Waals surface area contributed by atoms with Crippen molar-refractivity contribution in [2.24, 2.45) is 0 Å². The summed E-state index contributed by atoms with van der Waals surface area (Å²) in [5, 5.41) is 8.33. The molecule has 3 heterocycles. The van der Waals surface area contributed by atoms with Gasteiger partial charge in [-0.2, -0.15) is 0 Å². The number of piperazine rings is 1. The summed E-state index contributed by atoms with van der Waals surface area (Å²) < 4.78 is 5.31. The molecule has 1 atom stereocenters. The maximum absolute atomic E-state index is 12.9. The van der Waals surface area contributed by atoms with Crippen molar-refractivity contribution in [3.8, 4) is 0 Å². The second-order valence-electron chi connectivity index (χ2n) is 5.90. The number of nitrogens with zero attached hydrogens (tertiary/aromatic N) is 3. The minimum absolute atomic E-state index is 0.00175. The SMILES string of the molecule is O=C(Cc1noc2ccccc12)N1CCNCC1c1cccnc1. The fourth-order valence-corrected chi connectivity index (χ4v) is 3.18. The second kappa shape index (κ2) is 6.41. The van der Waals surface area contributed by atoms with Crippen molar-refractivity contribution in [1.29, 1.82) is 0 Å². The summed E-state index contributed by atoms with van der Waals surface area (Å²) >= 11 is 0. The van der Waals surface area contributed by atoms with E-state index in [1.165, 1.54) is 0 Å². The lowest BCUT2D eigenvalue weighted by Crippen LogP contribution is -2.49. The normalized spacial score (nSPS) is 18.0. The second-order valence-corrected chi connectivity index (χ2v) is 5.90. The van der Waals surface area contributed by atoms with Gasteiger partial charge in [0.1, 0.15) is 5.69 Å². The molecule has 0 spiro atoms. The van der Waals surface area contributed by atoms with E-state index >= 15 is 0 Å². The zero-order valence-electron chi connectivity index (χ0n) is 13.2. The number of para-hydroxylation sites is 1. The van der Waals surface area contributed by atoms with Gasteiger partial charge in [-0.05, 0) is 23.8 Å². The molecule has 1 aliphatic heterocycles. The fraction of sp³-hybridized carbons (Fsp3) is 0.278. The molecule has 6 nitrogen and oxygen atoms in total. The molecule has 0 saturated carbocycles. The van der Waals surface area contributed by atoms with Gasteiger partial charge in [-0.25, -0.2) is 0 Å². The van der Waals surface area contributed by atoms with Gasteiger partial charge in [0, 0.05) is 37.4 Å². The van der Waals surface area contributed by atoms with Crippen LogP contribution in [0.15, 0.2) is 53.3 Å². The summed E-state index contributed by atoms with van der Waals surface area (Å²) in [7, 11) is 0. The molecule has 1 unspecified atom stereocenters. The Labute approximate surface area is 139 Å². The highest BCUT2D eigenvalue weighted by Gasteiger charge is 2.28. The van der Waals surface area contributed by atoms with Crippen LogP contribution in [-0.2, 0) is 11.2 Å². The van der Waals surface area contributed by atoms with Gasteiger partial charge >= 0.3 is 0 Å². The molecule has 0 aliphatic carbocycles. The van der Waals surface area contributed by atoms with E-state index in [1.54, 1.807) is 6.20 Å². The Bertz CT molecular complexity index is 846. The van der Waals surface area contributed by atoms with Gasteiger partial charge in [-0.15, -0.1) is 0 Å². The highest BCUT2D eigenvalue weighted by atomic mass is 16.5. The average molecular weight is 322 g/mol. The molecular formula is C18H18N4O2. The lowest BCUT2D eigenvalue weighted by molar-refractivity contribution is -0.133. The quantitative estimate of drug-likeness (QED) is 0.798. The summed E-state index contributed by atoms with van der Waals surface area (Å²) in [4.78, 5) is 19.0. The van der Waals surface area contributed by atoms with Crippen LogP contribution in [0.25, 0.3) is 11.0 Å². The van der Waals surface area contributed by atoms with Crippen LogP contribution in [-0.4, -0.2) is 40.6 Å². The van der Waals surface area contributed by atoms with Crippen molar-refractivity contribution in [3.63, 3.8) is 0 Å². The van der Waals surface area contributed by atoms with Gasteiger partial charge in [0.2, 0.25) is 5.91 Å². The van der Waals surface area contributed by atoms with E-state index in [1.807, 2.05) is 47.5 Å². The Balaban J connectivity index is 1.58. The van der Waals surface area contributed by atoms with E-state index in [4.69, 9.17) is 4.52 Å². The Hall–Kier alpha value is -2.73. The Kier molecular flexibility index (Phi) is 3.96. The summed E-state index contributed by atoms with van der Waals surface area (Å²) in [5.41, 5.74) is 2.45. The average Bonchev–Trinajstić information content (AvgIpc) is 3.05. The van der Waals surface area contributed by atoms with Crippen LogP contribution in [0.1, 0.15) is 17.3 Å². The van der Waals surface area contributed by atoms with E-state index in [9.17, 15) is 4.79 Å². The zero-order valence-corrected chi connectivity index (χ0v) is 13.2. The van der Waals surface area contributed by atoms with Crippen LogP contribution in [0.3, 0.4) is 0 Å². The van der Waals surface area contributed by atoms with Gasteiger partial charge < -0.3 is 14.7 Å². The molecule has 0 radical (unpaired) electrons. The highest BCUT2D eigenvalue weighted by Crippen LogP contribution is 2.24. The van der Waals surface area contributed by atoms with E-state index in [2.05, 4.69) is 15.5 Å². The first-order valence-electron chi connectivity index (χ1n) is 8.06. The van der Waals surface area contributed by atoms with E-state index in [0.717, 1.165) is 24.0 Å². The van der Waals surface area contributed by atoms with Gasteiger partial charge in [0.05, 0.1) is 12.5 Å². The fourth-order valence-electron chi connectivity index (χ4n) is 3.18. The van der Waals surface area contributed by atoms with Crippen molar-refractivity contribution in [3.05, 3.63) is 60.0 Å². The number of hydrogen-bond acceptors (Lipinski definition) is 5. The third-order valence-corrected chi connectivity index (χ3v) is 4.40. The summed E-state index contributed by atoms with van der Waals surface area (Å²) in [6.45, 7) is 2.20. The molecule has 1 fully saturated rings. The number of pyridine rings is 1. The number of aromatic nitrogens is 2. The topological polar surface area (TPSA) is 71.3 Å². The van der Waals surface area contributed by atoms with Gasteiger partial charge in [0.25, 0.3) is 0 Å². The van der Waals surface area contributed by atoms with E-state index in [0.29, 0.717) is 17.8 Å². The maximum Gasteiger partial charge on any atom is 0.229 e. The number of hydrogen-bond donors (Lipinski definition) is 1.